The number of hydrogen-bond acceptors (Lipinski definition) is 7. The molecule has 0 aliphatic carbocycles. The van der Waals surface area contributed by atoms with E-state index in [0.717, 1.165) is 4.90 Å². The number of ether oxygens (including phenoxy) is 3. The van der Waals surface area contributed by atoms with E-state index >= 15 is 0 Å². The van der Waals surface area contributed by atoms with Gasteiger partial charge in [-0.05, 0) is 0 Å². The number of nitrogens with one attached hydrogen (secondary N) is 1. The average Bonchev–Trinajstić information content (AvgIpc) is 2.98. The highest BCUT2D eigenvalue weighted by Gasteiger charge is 2.23. The summed E-state index contributed by atoms with van der Waals surface area (Å²) in [7, 11) is 0. The van der Waals surface area contributed by atoms with Crippen molar-refractivity contribution in [2.75, 3.05) is 52.7 Å². The molecule has 158 valence electrons. The van der Waals surface area contributed by atoms with E-state index in [-0.39, 0.29) is 30.6 Å². The van der Waals surface area contributed by atoms with E-state index in [0.29, 0.717) is 52.6 Å². The molecule has 0 radical (unpaired) electrons. The zero-order valence-corrected chi connectivity index (χ0v) is 16.6. The molecule has 0 aromatic heterocycles. The van der Waals surface area contributed by atoms with Crippen molar-refractivity contribution in [1.29, 1.82) is 0 Å². The van der Waals surface area contributed by atoms with E-state index in [4.69, 9.17) is 14.2 Å². The van der Waals surface area contributed by atoms with Crippen LogP contribution in [0.5, 0.6) is 0 Å². The standard InChI is InChI=1S/C19H30N2O7/c1-15(2)16(22)6-9-26-11-13-28-14-12-27-10-7-20-17(23)5-8-21-18(24)3-4-19(21)25/h3-4,15H,5-14H2,1-2H3,(H,20,23). The number of imide groups is 1. The highest BCUT2D eigenvalue weighted by Crippen LogP contribution is 2.03. The first-order valence-corrected chi connectivity index (χ1v) is 9.48. The van der Waals surface area contributed by atoms with Gasteiger partial charge in [0.25, 0.3) is 11.8 Å². The molecular formula is C19H30N2O7. The lowest BCUT2D eigenvalue weighted by molar-refractivity contribution is -0.137. The quantitative estimate of drug-likeness (QED) is 0.290. The molecule has 3 amide bonds. The van der Waals surface area contributed by atoms with Crippen LogP contribution in [-0.2, 0) is 33.4 Å². The van der Waals surface area contributed by atoms with Gasteiger partial charge >= 0.3 is 0 Å². The fraction of sp³-hybridized carbons (Fsp3) is 0.684. The highest BCUT2D eigenvalue weighted by molar-refractivity contribution is 6.13. The Morgan fingerprint density at radius 3 is 2.00 bits per heavy atom. The van der Waals surface area contributed by atoms with Crippen LogP contribution in [0.3, 0.4) is 0 Å². The molecule has 0 atom stereocenters. The molecule has 1 heterocycles. The number of amides is 3. The third kappa shape index (κ3) is 10.3. The van der Waals surface area contributed by atoms with Crippen molar-refractivity contribution in [1.82, 2.24) is 10.2 Å². The molecule has 9 heteroatoms. The summed E-state index contributed by atoms with van der Waals surface area (Å²) in [5.41, 5.74) is 0. The van der Waals surface area contributed by atoms with Gasteiger partial charge in [-0.2, -0.15) is 0 Å². The Balaban J connectivity index is 1.85. The molecule has 0 saturated heterocycles. The summed E-state index contributed by atoms with van der Waals surface area (Å²) < 4.78 is 16.0. The van der Waals surface area contributed by atoms with Crippen LogP contribution in [0.15, 0.2) is 12.2 Å². The van der Waals surface area contributed by atoms with Crippen LogP contribution in [0, 0.1) is 5.92 Å². The molecule has 0 fully saturated rings. The molecule has 9 nitrogen and oxygen atoms in total. The van der Waals surface area contributed by atoms with Gasteiger partial charge in [-0.3, -0.25) is 24.1 Å². The van der Waals surface area contributed by atoms with E-state index in [2.05, 4.69) is 5.32 Å². The second-order valence-electron chi connectivity index (χ2n) is 6.47. The molecule has 28 heavy (non-hydrogen) atoms. The summed E-state index contributed by atoms with van der Waals surface area (Å²) in [6, 6.07) is 0. The van der Waals surface area contributed by atoms with E-state index < -0.39 is 11.8 Å². The van der Waals surface area contributed by atoms with Crippen molar-refractivity contribution in [3.05, 3.63) is 12.2 Å². The summed E-state index contributed by atoms with van der Waals surface area (Å²) in [5, 5.41) is 2.66. The Bertz CT molecular complexity index is 542. The Morgan fingerprint density at radius 1 is 0.893 bits per heavy atom. The molecule has 1 aliphatic heterocycles. The minimum atomic E-state index is -0.393. The van der Waals surface area contributed by atoms with Crippen LogP contribution in [0.2, 0.25) is 0 Å². The maximum Gasteiger partial charge on any atom is 0.253 e. The van der Waals surface area contributed by atoms with E-state index in [1.165, 1.54) is 12.2 Å². The monoisotopic (exact) mass is 398 g/mol. The minimum Gasteiger partial charge on any atom is -0.379 e. The summed E-state index contributed by atoms with van der Waals surface area (Å²) in [6.45, 7) is 6.56. The van der Waals surface area contributed by atoms with Crippen molar-refractivity contribution < 1.29 is 33.4 Å². The predicted octanol–water partition coefficient (Wildman–Crippen LogP) is 0.0827. The van der Waals surface area contributed by atoms with Crippen molar-refractivity contribution in [3.8, 4) is 0 Å². The molecule has 0 aromatic rings. The Morgan fingerprint density at radius 2 is 1.43 bits per heavy atom. The van der Waals surface area contributed by atoms with Gasteiger partial charge in [-0.25, -0.2) is 0 Å². The lowest BCUT2D eigenvalue weighted by Gasteiger charge is -2.13. The summed E-state index contributed by atoms with van der Waals surface area (Å²) in [5.74, 6) is -0.805. The van der Waals surface area contributed by atoms with E-state index in [9.17, 15) is 19.2 Å². The number of nitrogens with zero attached hydrogens (tertiary/aromatic N) is 1. The van der Waals surface area contributed by atoms with Gasteiger partial charge in [0.05, 0.1) is 39.6 Å². The largest absolute Gasteiger partial charge is 0.379 e. The maximum atomic E-state index is 11.7. The second-order valence-corrected chi connectivity index (χ2v) is 6.47. The van der Waals surface area contributed by atoms with Gasteiger partial charge in [0.15, 0.2) is 0 Å². The number of carbonyl (C=O) groups excluding carboxylic acids is 4. The van der Waals surface area contributed by atoms with Gasteiger partial charge in [0.2, 0.25) is 5.91 Å². The zero-order valence-electron chi connectivity index (χ0n) is 16.6. The summed E-state index contributed by atoms with van der Waals surface area (Å²) in [6.07, 6.45) is 2.87. The first-order valence-electron chi connectivity index (χ1n) is 9.48. The molecule has 0 bridgehead atoms. The number of Topliss-reactive ketones (excluding diaryl/α,β-unsaturated/α-hetero) is 1. The molecule has 0 aromatic carbocycles. The first kappa shape index (κ1) is 23.9. The third-order valence-electron chi connectivity index (χ3n) is 3.91. The Hall–Kier alpha value is -2.10. The highest BCUT2D eigenvalue weighted by atomic mass is 16.5. The first-order chi connectivity index (χ1) is 13.4. The van der Waals surface area contributed by atoms with Crippen LogP contribution in [0.1, 0.15) is 26.7 Å². The van der Waals surface area contributed by atoms with Crippen molar-refractivity contribution >= 4 is 23.5 Å². The van der Waals surface area contributed by atoms with Crippen LogP contribution in [0.4, 0.5) is 0 Å². The second kappa shape index (κ2) is 14.0. The molecule has 0 saturated carbocycles. The van der Waals surface area contributed by atoms with Crippen molar-refractivity contribution in [2.45, 2.75) is 26.7 Å². The minimum absolute atomic E-state index is 0.0394. The maximum absolute atomic E-state index is 11.7. The van der Waals surface area contributed by atoms with Crippen LogP contribution >= 0.6 is 0 Å². The molecule has 0 unspecified atom stereocenters. The average molecular weight is 398 g/mol. The number of rotatable bonds is 16. The number of hydrogen-bond donors (Lipinski definition) is 1. The SMILES string of the molecule is CC(C)C(=O)CCOCCOCCOCCNC(=O)CCN1C(=O)C=CC1=O. The zero-order chi connectivity index (χ0) is 20.8. The predicted molar refractivity (Wildman–Crippen MR) is 100 cm³/mol. The molecule has 0 spiro atoms. The summed E-state index contributed by atoms with van der Waals surface area (Å²) in [4.78, 5) is 46.7. The molecular weight excluding hydrogens is 368 g/mol. The van der Waals surface area contributed by atoms with Gasteiger partial charge in [-0.1, -0.05) is 13.8 Å². The van der Waals surface area contributed by atoms with Crippen molar-refractivity contribution in [3.63, 3.8) is 0 Å². The van der Waals surface area contributed by atoms with Gasteiger partial charge in [0.1, 0.15) is 5.78 Å². The number of carbonyl (C=O) groups is 4. The van der Waals surface area contributed by atoms with E-state index in [1.807, 2.05) is 13.8 Å². The third-order valence-corrected chi connectivity index (χ3v) is 3.91. The smallest absolute Gasteiger partial charge is 0.253 e. The molecule has 1 rings (SSSR count). The van der Waals surface area contributed by atoms with Crippen LogP contribution < -0.4 is 5.32 Å². The number of ketones is 1. The molecule has 1 N–H and O–H groups in total. The van der Waals surface area contributed by atoms with E-state index in [1.54, 1.807) is 0 Å². The topological polar surface area (TPSA) is 111 Å². The van der Waals surface area contributed by atoms with Crippen LogP contribution in [0.25, 0.3) is 0 Å². The lowest BCUT2D eigenvalue weighted by Crippen LogP contribution is -2.35. The lowest BCUT2D eigenvalue weighted by atomic mass is 10.1. The normalized spacial score (nSPS) is 13.6. The van der Waals surface area contributed by atoms with Crippen molar-refractivity contribution in [2.24, 2.45) is 5.92 Å². The van der Waals surface area contributed by atoms with Gasteiger partial charge in [-0.15, -0.1) is 0 Å². The van der Waals surface area contributed by atoms with Gasteiger partial charge < -0.3 is 19.5 Å². The summed E-state index contributed by atoms with van der Waals surface area (Å²) >= 11 is 0. The fourth-order valence-corrected chi connectivity index (χ4v) is 2.22. The fourth-order valence-electron chi connectivity index (χ4n) is 2.22. The van der Waals surface area contributed by atoms with Gasteiger partial charge in [0, 0.05) is 44.0 Å². The Kier molecular flexibility index (Phi) is 11.9. The van der Waals surface area contributed by atoms with Crippen LogP contribution in [-0.4, -0.2) is 81.1 Å². The molecule has 1 aliphatic rings. The Labute approximate surface area is 165 Å².